The predicted octanol–water partition coefficient (Wildman–Crippen LogP) is 5.04. The summed E-state index contributed by atoms with van der Waals surface area (Å²) in [7, 11) is 0. The molecule has 4 nitrogen and oxygen atoms in total. The first-order valence-electron chi connectivity index (χ1n) is 9.17. The van der Waals surface area contributed by atoms with Gasteiger partial charge in [-0.15, -0.1) is 0 Å². The molecule has 2 N–H and O–H groups in total. The first-order valence-corrected chi connectivity index (χ1v) is 9.17. The molecule has 24 heavy (non-hydrogen) atoms. The van der Waals surface area contributed by atoms with Crippen molar-refractivity contribution in [3.63, 3.8) is 0 Å². The van der Waals surface area contributed by atoms with E-state index in [-0.39, 0.29) is 0 Å². The van der Waals surface area contributed by atoms with E-state index >= 15 is 0 Å². The van der Waals surface area contributed by atoms with Gasteiger partial charge in [0.15, 0.2) is 0 Å². The number of carbonyl (C=O) groups excluding carboxylic acids is 1. The lowest BCUT2D eigenvalue weighted by Gasteiger charge is -2.01. The van der Waals surface area contributed by atoms with Crippen molar-refractivity contribution in [2.75, 3.05) is 6.54 Å². The number of amides is 1. The van der Waals surface area contributed by atoms with Crippen molar-refractivity contribution in [3.05, 3.63) is 35.9 Å². The van der Waals surface area contributed by atoms with Crippen molar-refractivity contribution < 1.29 is 14.7 Å². The fraction of sp³-hybridized carbons (Fsp3) is 0.600. The Bertz CT molecular complexity index is 407. The Morgan fingerprint density at radius 2 is 1.42 bits per heavy atom. The van der Waals surface area contributed by atoms with E-state index in [1.165, 1.54) is 57.8 Å². The topological polar surface area (TPSA) is 66.4 Å². The van der Waals surface area contributed by atoms with Gasteiger partial charge in [-0.1, -0.05) is 82.9 Å². The van der Waals surface area contributed by atoms with E-state index in [4.69, 9.17) is 5.11 Å². The Balaban J connectivity index is 0.000000496. The second-order valence-electron chi connectivity index (χ2n) is 5.93. The number of hydrogen-bond acceptors (Lipinski definition) is 2. The number of aromatic carboxylic acids is 1. The van der Waals surface area contributed by atoms with Crippen LogP contribution < -0.4 is 5.32 Å². The van der Waals surface area contributed by atoms with Gasteiger partial charge in [-0.05, 0) is 18.6 Å². The second kappa shape index (κ2) is 17.5. The Morgan fingerprint density at radius 3 is 1.83 bits per heavy atom. The molecule has 1 rings (SSSR count). The third-order valence-corrected chi connectivity index (χ3v) is 3.78. The average molecular weight is 335 g/mol. The summed E-state index contributed by atoms with van der Waals surface area (Å²) in [6.07, 6.45) is 14.2. The molecule has 0 aliphatic carbocycles. The largest absolute Gasteiger partial charge is 0.478 e. The van der Waals surface area contributed by atoms with E-state index in [9.17, 15) is 9.59 Å². The highest BCUT2D eigenvalue weighted by atomic mass is 16.4. The van der Waals surface area contributed by atoms with E-state index in [0.717, 1.165) is 19.4 Å². The summed E-state index contributed by atoms with van der Waals surface area (Å²) < 4.78 is 0. The molecule has 0 saturated carbocycles. The zero-order valence-electron chi connectivity index (χ0n) is 15.0. The SMILES string of the molecule is CCCCCCCCCCCCNC=O.O=C(O)c1ccccc1. The van der Waals surface area contributed by atoms with Gasteiger partial charge >= 0.3 is 5.97 Å². The minimum absolute atomic E-state index is 0.331. The summed E-state index contributed by atoms with van der Waals surface area (Å²) in [5, 5.41) is 11.1. The normalized spacial score (nSPS) is 9.71. The molecule has 0 atom stereocenters. The minimum atomic E-state index is -0.879. The van der Waals surface area contributed by atoms with E-state index in [2.05, 4.69) is 12.2 Å². The Hall–Kier alpha value is -1.84. The predicted molar refractivity (Wildman–Crippen MR) is 99.3 cm³/mol. The number of carbonyl (C=O) groups is 2. The maximum atomic E-state index is 10.2. The van der Waals surface area contributed by atoms with Gasteiger partial charge in [-0.25, -0.2) is 4.79 Å². The first kappa shape index (κ1) is 22.2. The van der Waals surface area contributed by atoms with Gasteiger partial charge in [-0.2, -0.15) is 0 Å². The molecule has 1 aromatic rings. The lowest BCUT2D eigenvalue weighted by atomic mass is 10.1. The van der Waals surface area contributed by atoms with Gasteiger partial charge in [0, 0.05) is 6.54 Å². The summed E-state index contributed by atoms with van der Waals surface area (Å²) in [6, 6.07) is 8.30. The van der Waals surface area contributed by atoms with Crippen LogP contribution in [0, 0.1) is 0 Å². The van der Waals surface area contributed by atoms with Crippen molar-refractivity contribution in [1.29, 1.82) is 0 Å². The van der Waals surface area contributed by atoms with Crippen LogP contribution in [-0.4, -0.2) is 24.0 Å². The summed E-state index contributed by atoms with van der Waals surface area (Å²) in [6.45, 7) is 3.10. The highest BCUT2D eigenvalue weighted by molar-refractivity contribution is 5.87. The lowest BCUT2D eigenvalue weighted by molar-refractivity contribution is -0.109. The van der Waals surface area contributed by atoms with Crippen LogP contribution in [0.15, 0.2) is 30.3 Å². The fourth-order valence-electron chi connectivity index (χ4n) is 2.35. The summed E-state index contributed by atoms with van der Waals surface area (Å²) >= 11 is 0. The van der Waals surface area contributed by atoms with Crippen LogP contribution in [0.25, 0.3) is 0 Å². The Kier molecular flexibility index (Phi) is 16.2. The number of rotatable bonds is 13. The van der Waals surface area contributed by atoms with E-state index in [0.29, 0.717) is 5.56 Å². The molecule has 0 aliphatic heterocycles. The summed E-state index contributed by atoms with van der Waals surface area (Å²) in [5.41, 5.74) is 0.331. The van der Waals surface area contributed by atoms with Crippen molar-refractivity contribution >= 4 is 12.4 Å². The average Bonchev–Trinajstić information content (AvgIpc) is 2.61. The Labute approximate surface area is 146 Å². The molecule has 0 fully saturated rings. The molecule has 0 aromatic heterocycles. The molecule has 1 aromatic carbocycles. The van der Waals surface area contributed by atoms with Crippen LogP contribution in [0.1, 0.15) is 81.5 Å². The molecular formula is C20H33NO3. The smallest absolute Gasteiger partial charge is 0.335 e. The molecule has 136 valence electrons. The third-order valence-electron chi connectivity index (χ3n) is 3.78. The molecule has 0 heterocycles. The van der Waals surface area contributed by atoms with E-state index in [1.807, 2.05) is 0 Å². The van der Waals surface area contributed by atoms with E-state index < -0.39 is 5.97 Å². The number of carboxylic acid groups (broad SMARTS) is 1. The fourth-order valence-corrected chi connectivity index (χ4v) is 2.35. The molecule has 0 saturated heterocycles. The zero-order chi connectivity index (χ0) is 17.9. The van der Waals surface area contributed by atoms with Crippen molar-refractivity contribution in [1.82, 2.24) is 5.32 Å². The molecule has 1 amide bonds. The van der Waals surface area contributed by atoms with Crippen LogP contribution in [-0.2, 0) is 4.79 Å². The summed E-state index contributed by atoms with van der Waals surface area (Å²) in [5.74, 6) is -0.879. The van der Waals surface area contributed by atoms with Gasteiger partial charge in [-0.3, -0.25) is 4.79 Å². The molecule has 0 spiro atoms. The van der Waals surface area contributed by atoms with Crippen LogP contribution in [0.2, 0.25) is 0 Å². The number of benzene rings is 1. The zero-order valence-corrected chi connectivity index (χ0v) is 15.0. The van der Waals surface area contributed by atoms with Crippen molar-refractivity contribution in [2.24, 2.45) is 0 Å². The number of nitrogens with one attached hydrogen (secondary N) is 1. The minimum Gasteiger partial charge on any atom is -0.478 e. The standard InChI is InChI=1S/C13H27NO.C7H6O2/c1-2-3-4-5-6-7-8-9-10-11-12-14-13-15;8-7(9)6-4-2-1-3-5-6/h13H,2-12H2,1H3,(H,14,15);1-5H,(H,8,9). The highest BCUT2D eigenvalue weighted by Gasteiger charge is 1.96. The number of unbranched alkanes of at least 4 members (excludes halogenated alkanes) is 9. The van der Waals surface area contributed by atoms with Gasteiger partial charge in [0.25, 0.3) is 0 Å². The molecular weight excluding hydrogens is 302 g/mol. The molecule has 0 aliphatic rings. The quantitative estimate of drug-likeness (QED) is 0.392. The van der Waals surface area contributed by atoms with Crippen molar-refractivity contribution in [2.45, 2.75) is 71.1 Å². The van der Waals surface area contributed by atoms with Gasteiger partial charge in [0.05, 0.1) is 5.56 Å². The summed E-state index contributed by atoms with van der Waals surface area (Å²) in [4.78, 5) is 20.2. The monoisotopic (exact) mass is 335 g/mol. The molecule has 0 bridgehead atoms. The second-order valence-corrected chi connectivity index (χ2v) is 5.93. The van der Waals surface area contributed by atoms with Gasteiger partial charge in [0.2, 0.25) is 6.41 Å². The van der Waals surface area contributed by atoms with Crippen LogP contribution in [0.4, 0.5) is 0 Å². The maximum Gasteiger partial charge on any atom is 0.335 e. The van der Waals surface area contributed by atoms with E-state index in [1.54, 1.807) is 30.3 Å². The molecule has 0 unspecified atom stereocenters. The van der Waals surface area contributed by atoms with Gasteiger partial charge in [0.1, 0.15) is 0 Å². The molecule has 0 radical (unpaired) electrons. The third kappa shape index (κ3) is 15.1. The van der Waals surface area contributed by atoms with Crippen molar-refractivity contribution in [3.8, 4) is 0 Å². The molecule has 4 heteroatoms. The van der Waals surface area contributed by atoms with Crippen LogP contribution in [0.3, 0.4) is 0 Å². The highest BCUT2D eigenvalue weighted by Crippen LogP contribution is 2.10. The Morgan fingerprint density at radius 1 is 0.917 bits per heavy atom. The lowest BCUT2D eigenvalue weighted by Crippen LogP contribution is -2.11. The number of carboxylic acids is 1. The number of hydrogen-bond donors (Lipinski definition) is 2. The van der Waals surface area contributed by atoms with Crippen LogP contribution >= 0.6 is 0 Å². The van der Waals surface area contributed by atoms with Gasteiger partial charge < -0.3 is 10.4 Å². The first-order chi connectivity index (χ1) is 11.7. The maximum absolute atomic E-state index is 10.2. The van der Waals surface area contributed by atoms with Crippen LogP contribution in [0.5, 0.6) is 0 Å².